The number of benzene rings is 2. The number of piperidine rings is 1. The third-order valence-corrected chi connectivity index (χ3v) is 6.47. The highest BCUT2D eigenvalue weighted by Gasteiger charge is 2.38. The number of hydrogen-bond acceptors (Lipinski definition) is 4. The fourth-order valence-corrected chi connectivity index (χ4v) is 4.55. The number of carbonyl (C=O) groups excluding carboxylic acids is 4. The Balaban J connectivity index is 1.27. The normalized spacial score (nSPS) is 18.6. The quantitative estimate of drug-likeness (QED) is 0.713. The monoisotopic (exact) mass is 462 g/mol. The fourth-order valence-electron chi connectivity index (χ4n) is 4.55. The van der Waals surface area contributed by atoms with Crippen molar-refractivity contribution in [2.75, 3.05) is 35.2 Å². The smallest absolute Gasteiger partial charge is 0.228 e. The van der Waals surface area contributed by atoms with Crippen LogP contribution in [0.15, 0.2) is 48.5 Å². The molecule has 0 bridgehead atoms. The first-order chi connectivity index (χ1) is 16.3. The molecule has 2 N–H and O–H groups in total. The van der Waals surface area contributed by atoms with Crippen LogP contribution in [0.5, 0.6) is 0 Å². The second-order valence-corrected chi connectivity index (χ2v) is 9.09. The van der Waals surface area contributed by atoms with Gasteiger partial charge in [-0.15, -0.1) is 0 Å². The second-order valence-electron chi connectivity index (χ2n) is 9.09. The molecule has 2 aliphatic heterocycles. The van der Waals surface area contributed by atoms with Gasteiger partial charge in [-0.2, -0.15) is 0 Å². The molecule has 2 saturated heterocycles. The topological polar surface area (TPSA) is 98.8 Å². The molecule has 0 aromatic heterocycles. The molecule has 2 aromatic carbocycles. The summed E-state index contributed by atoms with van der Waals surface area (Å²) in [5.74, 6) is -0.769. The number of nitrogens with zero attached hydrogens (tertiary/aromatic N) is 2. The summed E-state index contributed by atoms with van der Waals surface area (Å²) in [5.41, 5.74) is 3.28. The van der Waals surface area contributed by atoms with Crippen LogP contribution in [0.3, 0.4) is 0 Å². The van der Waals surface area contributed by atoms with Gasteiger partial charge in [-0.05, 0) is 56.2 Å². The van der Waals surface area contributed by atoms with E-state index in [1.165, 1.54) is 6.92 Å². The van der Waals surface area contributed by atoms with Crippen LogP contribution in [-0.4, -0.2) is 48.2 Å². The third-order valence-electron chi connectivity index (χ3n) is 6.47. The maximum atomic E-state index is 13.1. The Morgan fingerprint density at radius 1 is 0.853 bits per heavy atom. The van der Waals surface area contributed by atoms with Gasteiger partial charge in [0.15, 0.2) is 0 Å². The van der Waals surface area contributed by atoms with Crippen LogP contribution < -0.4 is 15.5 Å². The van der Waals surface area contributed by atoms with E-state index in [9.17, 15) is 19.2 Å². The van der Waals surface area contributed by atoms with Gasteiger partial charge in [0.05, 0.1) is 5.92 Å². The lowest BCUT2D eigenvalue weighted by Gasteiger charge is -2.33. The number of rotatable bonds is 5. The van der Waals surface area contributed by atoms with Gasteiger partial charge in [0.1, 0.15) is 0 Å². The first-order valence-corrected chi connectivity index (χ1v) is 11.6. The minimum Gasteiger partial charge on any atom is -0.342 e. The summed E-state index contributed by atoms with van der Waals surface area (Å²) in [6.07, 6.45) is 1.40. The molecule has 2 aromatic rings. The lowest BCUT2D eigenvalue weighted by Crippen LogP contribution is -2.44. The first kappa shape index (κ1) is 23.5. The van der Waals surface area contributed by atoms with Crippen LogP contribution in [0.1, 0.15) is 31.7 Å². The summed E-state index contributed by atoms with van der Waals surface area (Å²) in [6.45, 7) is 4.85. The van der Waals surface area contributed by atoms with Crippen molar-refractivity contribution in [2.45, 2.75) is 33.1 Å². The first-order valence-electron chi connectivity index (χ1n) is 11.6. The van der Waals surface area contributed by atoms with Gasteiger partial charge in [0.2, 0.25) is 23.6 Å². The number of amides is 4. The van der Waals surface area contributed by atoms with Gasteiger partial charge >= 0.3 is 0 Å². The minimum absolute atomic E-state index is 0.00428. The Bertz CT molecular complexity index is 1070. The fraction of sp³-hybridized carbons (Fsp3) is 0.385. The van der Waals surface area contributed by atoms with Crippen molar-refractivity contribution >= 4 is 40.7 Å². The zero-order chi connectivity index (χ0) is 24.2. The SMILES string of the molecule is CC(=O)Nc1ccc(NC(=O)C2CCN(C(=O)[C@H]3CC(=O)N(c4ccc(C)cc4)C3)CC2)cc1. The third kappa shape index (κ3) is 5.44. The summed E-state index contributed by atoms with van der Waals surface area (Å²) in [6, 6.07) is 14.7. The maximum Gasteiger partial charge on any atom is 0.228 e. The molecule has 4 amide bonds. The molecule has 1 atom stereocenters. The molecule has 8 nitrogen and oxygen atoms in total. The van der Waals surface area contributed by atoms with Gasteiger partial charge in [-0.3, -0.25) is 19.2 Å². The molecule has 0 saturated carbocycles. The molecule has 2 fully saturated rings. The molecule has 0 spiro atoms. The van der Waals surface area contributed by atoms with Gasteiger partial charge in [0, 0.05) is 56.0 Å². The van der Waals surface area contributed by atoms with E-state index < -0.39 is 0 Å². The number of nitrogens with one attached hydrogen (secondary N) is 2. The Morgan fingerprint density at radius 2 is 1.44 bits per heavy atom. The molecule has 0 aliphatic carbocycles. The largest absolute Gasteiger partial charge is 0.342 e. The average Bonchev–Trinajstić information content (AvgIpc) is 3.21. The summed E-state index contributed by atoms with van der Waals surface area (Å²) in [7, 11) is 0. The van der Waals surface area contributed by atoms with Crippen molar-refractivity contribution < 1.29 is 19.2 Å². The molecule has 0 unspecified atom stereocenters. The highest BCUT2D eigenvalue weighted by Crippen LogP contribution is 2.28. The number of hydrogen-bond donors (Lipinski definition) is 2. The molecule has 0 radical (unpaired) electrons. The van der Waals surface area contributed by atoms with Crippen molar-refractivity contribution in [2.24, 2.45) is 11.8 Å². The van der Waals surface area contributed by atoms with Crippen LogP contribution in [0.25, 0.3) is 0 Å². The van der Waals surface area contributed by atoms with E-state index in [1.807, 2.05) is 31.2 Å². The van der Waals surface area contributed by atoms with Gasteiger partial charge in [-0.1, -0.05) is 17.7 Å². The molecule has 34 heavy (non-hydrogen) atoms. The van der Waals surface area contributed by atoms with E-state index in [0.29, 0.717) is 43.9 Å². The van der Waals surface area contributed by atoms with Crippen LogP contribution in [-0.2, 0) is 19.2 Å². The van der Waals surface area contributed by atoms with E-state index in [2.05, 4.69) is 10.6 Å². The Hall–Kier alpha value is -3.68. The lowest BCUT2D eigenvalue weighted by atomic mass is 9.94. The van der Waals surface area contributed by atoms with E-state index in [-0.39, 0.29) is 41.9 Å². The van der Waals surface area contributed by atoms with Crippen LogP contribution in [0.4, 0.5) is 17.1 Å². The summed E-state index contributed by atoms with van der Waals surface area (Å²) in [5, 5.41) is 5.61. The van der Waals surface area contributed by atoms with E-state index in [4.69, 9.17) is 0 Å². The summed E-state index contributed by atoms with van der Waals surface area (Å²) in [4.78, 5) is 52.9. The molecule has 2 aliphatic rings. The van der Waals surface area contributed by atoms with Crippen molar-refractivity contribution in [3.8, 4) is 0 Å². The van der Waals surface area contributed by atoms with E-state index in [1.54, 1.807) is 34.1 Å². The van der Waals surface area contributed by atoms with E-state index >= 15 is 0 Å². The minimum atomic E-state index is -0.346. The van der Waals surface area contributed by atoms with Crippen LogP contribution in [0, 0.1) is 18.8 Å². The Labute approximate surface area is 199 Å². The highest BCUT2D eigenvalue weighted by molar-refractivity contribution is 6.00. The highest BCUT2D eigenvalue weighted by atomic mass is 16.2. The number of likely N-dealkylation sites (tertiary alicyclic amines) is 1. The molecule has 8 heteroatoms. The van der Waals surface area contributed by atoms with Crippen molar-refractivity contribution in [3.05, 3.63) is 54.1 Å². The zero-order valence-electron chi connectivity index (χ0n) is 19.5. The van der Waals surface area contributed by atoms with E-state index in [0.717, 1.165) is 11.3 Å². The molecule has 4 rings (SSSR count). The standard InChI is InChI=1S/C26H30N4O4/c1-17-3-9-23(10-4-17)30-16-20(15-24(30)32)26(34)29-13-11-19(12-14-29)25(33)28-22-7-5-21(6-8-22)27-18(2)31/h3-10,19-20H,11-16H2,1-2H3,(H,27,31)(H,28,33)/t20-/m0/s1. The Kier molecular flexibility index (Phi) is 6.95. The number of anilines is 3. The average molecular weight is 463 g/mol. The zero-order valence-corrected chi connectivity index (χ0v) is 19.5. The Morgan fingerprint density at radius 3 is 2.03 bits per heavy atom. The van der Waals surface area contributed by atoms with Gasteiger partial charge in [-0.25, -0.2) is 0 Å². The summed E-state index contributed by atoms with van der Waals surface area (Å²) >= 11 is 0. The van der Waals surface area contributed by atoms with Crippen molar-refractivity contribution in [1.29, 1.82) is 0 Å². The molecular formula is C26H30N4O4. The molecular weight excluding hydrogens is 432 g/mol. The van der Waals surface area contributed by atoms with Crippen molar-refractivity contribution in [3.63, 3.8) is 0 Å². The summed E-state index contributed by atoms with van der Waals surface area (Å²) < 4.78 is 0. The number of aryl methyl sites for hydroxylation is 1. The second kappa shape index (κ2) is 10.1. The predicted octanol–water partition coefficient (Wildman–Crippen LogP) is 3.18. The molecule has 2 heterocycles. The number of carbonyl (C=O) groups is 4. The van der Waals surface area contributed by atoms with Crippen LogP contribution >= 0.6 is 0 Å². The molecule has 178 valence electrons. The van der Waals surface area contributed by atoms with Gasteiger partial charge in [0.25, 0.3) is 0 Å². The lowest BCUT2D eigenvalue weighted by molar-refractivity contribution is -0.138. The maximum absolute atomic E-state index is 13.1. The van der Waals surface area contributed by atoms with Crippen LogP contribution in [0.2, 0.25) is 0 Å². The van der Waals surface area contributed by atoms with Gasteiger partial charge < -0.3 is 20.4 Å². The predicted molar refractivity (Wildman–Crippen MR) is 130 cm³/mol. The van der Waals surface area contributed by atoms with Crippen molar-refractivity contribution in [1.82, 2.24) is 4.90 Å².